The summed E-state index contributed by atoms with van der Waals surface area (Å²) in [4.78, 5) is 26.3. The van der Waals surface area contributed by atoms with E-state index in [2.05, 4.69) is 88.6 Å². The fourth-order valence-corrected chi connectivity index (χ4v) is 6.49. The van der Waals surface area contributed by atoms with Crippen molar-refractivity contribution in [3.05, 3.63) is 33.1 Å². The Balaban J connectivity index is 2.46. The number of nitrogens with one attached hydrogen (secondary N) is 1. The molecule has 4 atom stereocenters. The van der Waals surface area contributed by atoms with E-state index < -0.39 is 33.6 Å². The maximum atomic E-state index is 12.6. The Kier molecular flexibility index (Phi) is 7.73. The molecule has 1 N–H and O–H groups in total. The van der Waals surface area contributed by atoms with Crippen molar-refractivity contribution in [3.63, 3.8) is 0 Å². The fraction of sp³-hybridized carbons (Fsp3) is 0.818. The SMILES string of the molecule is CC(C)(C)[Si](C)(C)OC[C@H]1O[C@@](C)(n2ccc(=O)[nH]c2=O)[C@H](Br)[C@@H]1O[Si](C)(C)C(C)(C)C. The average Bonchev–Trinajstić information content (AvgIpc) is 2.83. The molecule has 32 heavy (non-hydrogen) atoms. The Bertz CT molecular complexity index is 932. The Hall–Kier alpha value is -0.526. The number of rotatable bonds is 6. The van der Waals surface area contributed by atoms with Crippen LogP contribution in [0.1, 0.15) is 48.5 Å². The molecule has 2 rings (SSSR count). The van der Waals surface area contributed by atoms with Crippen LogP contribution in [0.5, 0.6) is 0 Å². The number of H-pyrrole nitrogens is 1. The second-order valence-electron chi connectivity index (χ2n) is 12.0. The number of nitrogens with zero attached hydrogens (tertiary/aromatic N) is 1. The molecular weight excluding hydrogens is 508 g/mol. The Morgan fingerprint density at radius 2 is 1.62 bits per heavy atom. The van der Waals surface area contributed by atoms with Gasteiger partial charge in [-0.1, -0.05) is 57.5 Å². The Morgan fingerprint density at radius 1 is 1.09 bits per heavy atom. The van der Waals surface area contributed by atoms with Gasteiger partial charge in [0.2, 0.25) is 0 Å². The number of alkyl halides is 1. The van der Waals surface area contributed by atoms with Crippen molar-refractivity contribution in [2.45, 2.75) is 107 Å². The molecule has 1 aliphatic heterocycles. The third-order valence-electron chi connectivity index (χ3n) is 7.51. The lowest BCUT2D eigenvalue weighted by molar-refractivity contribution is -0.103. The second kappa shape index (κ2) is 8.92. The van der Waals surface area contributed by atoms with Gasteiger partial charge in [0.25, 0.3) is 5.56 Å². The zero-order valence-corrected chi connectivity index (χ0v) is 25.0. The van der Waals surface area contributed by atoms with Crippen LogP contribution in [0.25, 0.3) is 0 Å². The minimum atomic E-state index is -2.15. The molecule has 1 saturated heterocycles. The van der Waals surface area contributed by atoms with Gasteiger partial charge in [0, 0.05) is 12.3 Å². The second-order valence-corrected chi connectivity index (χ2v) is 22.6. The Morgan fingerprint density at radius 3 is 2.09 bits per heavy atom. The zero-order chi connectivity index (χ0) is 24.9. The molecule has 0 unspecified atom stereocenters. The van der Waals surface area contributed by atoms with Crippen LogP contribution in [0.4, 0.5) is 0 Å². The average molecular weight is 550 g/mol. The van der Waals surface area contributed by atoms with E-state index in [1.54, 1.807) is 0 Å². The van der Waals surface area contributed by atoms with Crippen molar-refractivity contribution < 1.29 is 13.6 Å². The van der Waals surface area contributed by atoms with Crippen molar-refractivity contribution in [2.75, 3.05) is 6.61 Å². The number of halogens is 1. The van der Waals surface area contributed by atoms with Gasteiger partial charge in [-0.2, -0.15) is 0 Å². The highest BCUT2D eigenvalue weighted by atomic mass is 79.9. The van der Waals surface area contributed by atoms with Crippen molar-refractivity contribution in [3.8, 4) is 0 Å². The number of aromatic nitrogens is 2. The minimum absolute atomic E-state index is 0.0123. The summed E-state index contributed by atoms with van der Waals surface area (Å²) in [6.45, 7) is 24.3. The van der Waals surface area contributed by atoms with Crippen LogP contribution in [0.15, 0.2) is 21.9 Å². The molecule has 1 aromatic rings. The van der Waals surface area contributed by atoms with E-state index >= 15 is 0 Å². The first-order valence-corrected chi connectivity index (χ1v) is 17.9. The number of hydrogen-bond acceptors (Lipinski definition) is 5. The van der Waals surface area contributed by atoms with Gasteiger partial charge in [-0.15, -0.1) is 0 Å². The standard InChI is InChI=1S/C22H41BrN2O5Si2/c1-20(2,3)31(8,9)28-14-15-17(30-32(10,11)21(4,5)6)18(23)22(7,29-15)25-13-12-16(26)24-19(25)27/h12-13,15,17-18H,14H2,1-11H3,(H,24,26,27)/t15-,17-,18-,22-/m1/s1. The van der Waals surface area contributed by atoms with E-state index in [1.807, 2.05) is 6.92 Å². The third-order valence-corrected chi connectivity index (χ3v) is 17.9. The fourth-order valence-electron chi connectivity index (χ4n) is 3.18. The van der Waals surface area contributed by atoms with E-state index in [9.17, 15) is 9.59 Å². The van der Waals surface area contributed by atoms with Gasteiger partial charge in [0.05, 0.1) is 17.5 Å². The molecular formula is C22H41BrN2O5Si2. The lowest BCUT2D eigenvalue weighted by Crippen LogP contribution is -2.51. The highest BCUT2D eigenvalue weighted by Crippen LogP contribution is 2.46. The molecule has 184 valence electrons. The topological polar surface area (TPSA) is 82.5 Å². The summed E-state index contributed by atoms with van der Waals surface area (Å²) >= 11 is 3.81. The predicted octanol–water partition coefficient (Wildman–Crippen LogP) is 4.78. The zero-order valence-electron chi connectivity index (χ0n) is 21.5. The molecule has 0 radical (unpaired) electrons. The van der Waals surface area contributed by atoms with Gasteiger partial charge in [0.1, 0.15) is 6.10 Å². The van der Waals surface area contributed by atoms with Crippen LogP contribution < -0.4 is 11.2 Å². The summed E-state index contributed by atoms with van der Waals surface area (Å²) in [7, 11) is -4.17. The van der Waals surface area contributed by atoms with Crippen molar-refractivity contribution in [2.24, 2.45) is 0 Å². The first-order chi connectivity index (χ1) is 14.2. The normalized spacial score (nSPS) is 27.7. The van der Waals surface area contributed by atoms with Crippen LogP contribution in [-0.4, -0.2) is 49.8 Å². The number of aromatic amines is 1. The minimum Gasteiger partial charge on any atom is -0.414 e. The van der Waals surface area contributed by atoms with Crippen molar-refractivity contribution in [1.29, 1.82) is 0 Å². The van der Waals surface area contributed by atoms with E-state index in [0.29, 0.717) is 6.61 Å². The largest absolute Gasteiger partial charge is 0.414 e. The molecule has 2 heterocycles. The van der Waals surface area contributed by atoms with E-state index in [1.165, 1.54) is 16.8 Å². The van der Waals surface area contributed by atoms with Crippen molar-refractivity contribution in [1.82, 2.24) is 9.55 Å². The molecule has 7 nitrogen and oxygen atoms in total. The molecule has 0 aromatic carbocycles. The van der Waals surface area contributed by atoms with Gasteiger partial charge in [-0.05, 0) is 43.2 Å². The molecule has 10 heteroatoms. The highest BCUT2D eigenvalue weighted by molar-refractivity contribution is 9.09. The molecule has 1 aliphatic rings. The van der Waals surface area contributed by atoms with Gasteiger partial charge < -0.3 is 13.6 Å². The number of hydrogen-bond donors (Lipinski definition) is 1. The first-order valence-electron chi connectivity index (χ1n) is 11.2. The molecule has 0 saturated carbocycles. The summed E-state index contributed by atoms with van der Waals surface area (Å²) in [5.41, 5.74) is -2.00. The van der Waals surface area contributed by atoms with Gasteiger partial charge >= 0.3 is 5.69 Å². The predicted molar refractivity (Wildman–Crippen MR) is 138 cm³/mol. The molecule has 0 aliphatic carbocycles. The van der Waals surface area contributed by atoms with Crippen LogP contribution >= 0.6 is 15.9 Å². The molecule has 0 amide bonds. The first kappa shape index (κ1) is 27.7. The summed E-state index contributed by atoms with van der Waals surface area (Å²) in [6, 6.07) is 1.33. The summed E-state index contributed by atoms with van der Waals surface area (Å²) in [6.07, 6.45) is 0.798. The van der Waals surface area contributed by atoms with Crippen LogP contribution in [0.3, 0.4) is 0 Å². The monoisotopic (exact) mass is 548 g/mol. The van der Waals surface area contributed by atoms with Crippen LogP contribution in [0.2, 0.25) is 36.3 Å². The molecule has 0 bridgehead atoms. The number of ether oxygens (including phenoxy) is 1. The van der Waals surface area contributed by atoms with E-state index in [0.717, 1.165) is 0 Å². The molecule has 1 aromatic heterocycles. The Labute approximate surface area is 202 Å². The summed E-state index contributed by atoms with van der Waals surface area (Å²) in [5.74, 6) is 0. The van der Waals surface area contributed by atoms with Crippen LogP contribution in [0, 0.1) is 0 Å². The molecule has 1 fully saturated rings. The summed E-state index contributed by atoms with van der Waals surface area (Å²) < 4.78 is 21.3. The van der Waals surface area contributed by atoms with E-state index in [-0.39, 0.29) is 27.1 Å². The summed E-state index contributed by atoms with van der Waals surface area (Å²) in [5, 5.41) is 0.0761. The van der Waals surface area contributed by atoms with E-state index in [4.69, 9.17) is 13.6 Å². The smallest absolute Gasteiger partial charge is 0.330 e. The highest BCUT2D eigenvalue weighted by Gasteiger charge is 2.56. The van der Waals surface area contributed by atoms with Gasteiger partial charge in [-0.25, -0.2) is 4.79 Å². The van der Waals surface area contributed by atoms with Crippen LogP contribution in [-0.2, 0) is 19.3 Å². The third kappa shape index (κ3) is 5.41. The quantitative estimate of drug-likeness (QED) is 0.408. The van der Waals surface area contributed by atoms with Crippen molar-refractivity contribution >= 4 is 32.6 Å². The maximum Gasteiger partial charge on any atom is 0.330 e. The lowest BCUT2D eigenvalue weighted by atomic mass is 10.1. The maximum absolute atomic E-state index is 12.6. The molecule has 0 spiro atoms. The van der Waals surface area contributed by atoms with Gasteiger partial charge in [-0.3, -0.25) is 14.3 Å². The van der Waals surface area contributed by atoms with Gasteiger partial charge in [0.15, 0.2) is 22.4 Å². The lowest BCUT2D eigenvalue weighted by Gasteiger charge is -2.41.